The third-order valence-electron chi connectivity index (χ3n) is 12.2. The van der Waals surface area contributed by atoms with Gasteiger partial charge in [-0.3, -0.25) is 0 Å². The Kier molecular flexibility index (Phi) is 9.51. The van der Waals surface area contributed by atoms with E-state index >= 15 is 0 Å². The van der Waals surface area contributed by atoms with Gasteiger partial charge in [0.15, 0.2) is 17.5 Å². The van der Waals surface area contributed by atoms with Gasteiger partial charge in [-0.05, 0) is 81.1 Å². The van der Waals surface area contributed by atoms with Crippen molar-refractivity contribution in [3.63, 3.8) is 0 Å². The molecule has 0 saturated carbocycles. The molecule has 2 aromatic heterocycles. The molecule has 10 aromatic rings. The van der Waals surface area contributed by atoms with E-state index in [-0.39, 0.29) is 0 Å². The summed E-state index contributed by atoms with van der Waals surface area (Å²) < 4.78 is 6.52. The summed E-state index contributed by atoms with van der Waals surface area (Å²) in [4.78, 5) is 14.9. The van der Waals surface area contributed by atoms with Crippen molar-refractivity contribution in [1.29, 1.82) is 0 Å². The molecule has 4 nitrogen and oxygen atoms in total. The monoisotopic (exact) mass is 795 g/mol. The fourth-order valence-electron chi connectivity index (χ4n) is 9.25. The van der Waals surface area contributed by atoms with E-state index in [1.807, 2.05) is 60.7 Å². The third kappa shape index (κ3) is 6.63. The Labute approximate surface area is 361 Å². The molecule has 0 fully saturated rings. The first kappa shape index (κ1) is 37.1. The van der Waals surface area contributed by atoms with Crippen LogP contribution in [-0.2, 0) is 5.41 Å². The van der Waals surface area contributed by atoms with Gasteiger partial charge in [0, 0.05) is 21.9 Å². The van der Waals surface area contributed by atoms with E-state index in [0.717, 1.165) is 62.6 Å². The highest BCUT2D eigenvalue weighted by atomic mass is 16.3. The van der Waals surface area contributed by atoms with Gasteiger partial charge in [0.2, 0.25) is 0 Å². The topological polar surface area (TPSA) is 51.8 Å². The first-order chi connectivity index (χ1) is 30.7. The third-order valence-corrected chi connectivity index (χ3v) is 12.2. The van der Waals surface area contributed by atoms with E-state index in [1.165, 1.54) is 33.4 Å². The van der Waals surface area contributed by atoms with Crippen LogP contribution in [0.1, 0.15) is 46.5 Å². The second kappa shape index (κ2) is 15.9. The zero-order valence-electron chi connectivity index (χ0n) is 34.0. The van der Waals surface area contributed by atoms with E-state index in [4.69, 9.17) is 19.4 Å². The maximum Gasteiger partial charge on any atom is 0.164 e. The molecule has 1 aliphatic rings. The van der Waals surface area contributed by atoms with Gasteiger partial charge in [-0.2, -0.15) is 0 Å². The van der Waals surface area contributed by atoms with E-state index < -0.39 is 5.41 Å². The van der Waals surface area contributed by atoms with Gasteiger partial charge in [0.1, 0.15) is 11.2 Å². The second-order valence-electron chi connectivity index (χ2n) is 15.8. The Morgan fingerprint density at radius 2 is 0.823 bits per heavy atom. The number of hydrogen-bond acceptors (Lipinski definition) is 4. The Morgan fingerprint density at radius 3 is 1.35 bits per heavy atom. The lowest BCUT2D eigenvalue weighted by Crippen LogP contribution is -2.30. The van der Waals surface area contributed by atoms with Crippen LogP contribution in [-0.4, -0.2) is 15.0 Å². The summed E-state index contributed by atoms with van der Waals surface area (Å²) in [6.07, 6.45) is 6.07. The number of fused-ring (bicyclic) bond motifs is 3. The quantitative estimate of drug-likeness (QED) is 0.137. The molecule has 0 radical (unpaired) electrons. The van der Waals surface area contributed by atoms with Crippen LogP contribution in [0.4, 0.5) is 0 Å². The largest absolute Gasteiger partial charge is 0.456 e. The van der Waals surface area contributed by atoms with Crippen molar-refractivity contribution >= 4 is 33.1 Å². The first-order valence-electron chi connectivity index (χ1n) is 21.2. The molecular formula is C58H41N3O. The molecule has 1 aliphatic carbocycles. The summed E-state index contributed by atoms with van der Waals surface area (Å²) in [7, 11) is 0. The zero-order valence-corrected chi connectivity index (χ0v) is 34.0. The molecule has 62 heavy (non-hydrogen) atoms. The van der Waals surface area contributed by atoms with Crippen LogP contribution in [0.3, 0.4) is 0 Å². The summed E-state index contributed by atoms with van der Waals surface area (Å²) >= 11 is 0. The maximum atomic E-state index is 6.52. The van der Waals surface area contributed by atoms with Gasteiger partial charge in [-0.1, -0.05) is 206 Å². The average Bonchev–Trinajstić information content (AvgIpc) is 3.74. The molecule has 0 spiro atoms. The number of nitrogens with zero attached hydrogens (tertiary/aromatic N) is 3. The van der Waals surface area contributed by atoms with Gasteiger partial charge < -0.3 is 4.42 Å². The minimum absolute atomic E-state index is 0.498. The molecule has 0 saturated heterocycles. The van der Waals surface area contributed by atoms with Crippen LogP contribution in [0.2, 0.25) is 0 Å². The average molecular weight is 796 g/mol. The number of benzene rings is 8. The van der Waals surface area contributed by atoms with Crippen molar-refractivity contribution in [3.05, 3.63) is 258 Å². The summed E-state index contributed by atoms with van der Waals surface area (Å²) in [5.41, 5.74) is 13.9. The van der Waals surface area contributed by atoms with E-state index in [0.29, 0.717) is 17.5 Å². The van der Waals surface area contributed by atoms with Crippen molar-refractivity contribution in [2.45, 2.75) is 18.3 Å². The van der Waals surface area contributed by atoms with Crippen LogP contribution < -0.4 is 0 Å². The predicted molar refractivity (Wildman–Crippen MR) is 253 cm³/mol. The van der Waals surface area contributed by atoms with Gasteiger partial charge in [-0.15, -0.1) is 0 Å². The lowest BCUT2D eigenvalue weighted by molar-refractivity contribution is 0.669. The molecule has 0 amide bonds. The van der Waals surface area contributed by atoms with Crippen LogP contribution in [0.25, 0.3) is 67.0 Å². The molecule has 294 valence electrons. The Bertz CT molecular complexity index is 3090. The second-order valence-corrected chi connectivity index (χ2v) is 15.8. The van der Waals surface area contributed by atoms with E-state index in [2.05, 4.69) is 164 Å². The van der Waals surface area contributed by atoms with Gasteiger partial charge in [0.25, 0.3) is 0 Å². The van der Waals surface area contributed by atoms with Crippen LogP contribution in [0.15, 0.2) is 229 Å². The number of allylic oxidation sites excluding steroid dienone is 4. The van der Waals surface area contributed by atoms with Gasteiger partial charge in [0.05, 0.1) is 5.41 Å². The number of aromatic nitrogens is 3. The van der Waals surface area contributed by atoms with Crippen molar-refractivity contribution in [3.8, 4) is 33.9 Å². The predicted octanol–water partition coefficient (Wildman–Crippen LogP) is 14.4. The molecule has 11 rings (SSSR count). The van der Waals surface area contributed by atoms with Crippen molar-refractivity contribution in [1.82, 2.24) is 15.0 Å². The highest BCUT2D eigenvalue weighted by Crippen LogP contribution is 2.46. The Morgan fingerprint density at radius 1 is 0.355 bits per heavy atom. The lowest BCUT2D eigenvalue weighted by Gasteiger charge is -2.37. The number of rotatable bonds is 9. The Hall–Kier alpha value is -7.95. The minimum atomic E-state index is -0.498. The summed E-state index contributed by atoms with van der Waals surface area (Å²) in [5, 5.41) is 2.25. The smallest absolute Gasteiger partial charge is 0.164 e. The normalized spacial score (nSPS) is 12.9. The molecule has 0 aliphatic heterocycles. The molecule has 0 N–H and O–H groups in total. The molecule has 4 heteroatoms. The van der Waals surface area contributed by atoms with Crippen LogP contribution in [0, 0.1) is 0 Å². The zero-order chi connectivity index (χ0) is 41.3. The van der Waals surface area contributed by atoms with E-state index in [9.17, 15) is 0 Å². The van der Waals surface area contributed by atoms with E-state index in [1.54, 1.807) is 0 Å². The SMILES string of the molecule is C1=C(c2nc(-c3ccccc3)nc(-c3ccccc3)n2)CCC(c2cccc3oc4ccc(-c5ccc(C(c6ccccc6)(c6ccccc6)c6ccccc6)cc5)cc4c23)=C1. The molecule has 2 heterocycles. The molecule has 0 atom stereocenters. The minimum Gasteiger partial charge on any atom is -0.456 e. The molecule has 0 unspecified atom stereocenters. The first-order valence-corrected chi connectivity index (χ1v) is 21.2. The molecule has 0 bridgehead atoms. The summed E-state index contributed by atoms with van der Waals surface area (Å²) in [6, 6.07) is 75.0. The van der Waals surface area contributed by atoms with Gasteiger partial charge in [-0.25, -0.2) is 15.0 Å². The lowest BCUT2D eigenvalue weighted by atomic mass is 9.65. The fourth-order valence-corrected chi connectivity index (χ4v) is 9.25. The fraction of sp³-hybridized carbons (Fsp3) is 0.0517. The van der Waals surface area contributed by atoms with Crippen molar-refractivity contribution in [2.24, 2.45) is 0 Å². The summed E-state index contributed by atoms with van der Waals surface area (Å²) in [6.45, 7) is 0. The summed E-state index contributed by atoms with van der Waals surface area (Å²) in [5.74, 6) is 2.06. The standard InChI is InChI=1S/C58H41N3O/c1-6-17-42(18-7-1)55-59-56(43-19-8-2-9-20-43)61-57(60-55)44-31-29-41(30-32-44)50-27-16-28-53-54(50)51-39-45(35-38-52(51)62-53)40-33-36-49(37-34-40)58(46-21-10-3-11-22-46,47-23-12-4-13-24-47)48-25-14-5-15-26-48/h1-29,31,33-39H,30,32H2. The van der Waals surface area contributed by atoms with Crippen LogP contribution >= 0.6 is 0 Å². The highest BCUT2D eigenvalue weighted by Gasteiger charge is 2.38. The molecular weight excluding hydrogens is 755 g/mol. The van der Waals surface area contributed by atoms with Crippen molar-refractivity contribution in [2.75, 3.05) is 0 Å². The van der Waals surface area contributed by atoms with Crippen LogP contribution in [0.5, 0.6) is 0 Å². The Balaban J connectivity index is 0.973. The maximum absolute atomic E-state index is 6.52. The van der Waals surface area contributed by atoms with Gasteiger partial charge >= 0.3 is 0 Å². The number of hydrogen-bond donors (Lipinski definition) is 0. The number of furan rings is 1. The molecule has 8 aromatic carbocycles. The highest BCUT2D eigenvalue weighted by molar-refractivity contribution is 6.11. The van der Waals surface area contributed by atoms with Crippen molar-refractivity contribution < 1.29 is 4.42 Å².